The lowest BCUT2D eigenvalue weighted by Crippen LogP contribution is -2.44. The van der Waals surface area contributed by atoms with Crippen molar-refractivity contribution in [3.8, 4) is 11.4 Å². The average molecular weight is 474 g/mol. The van der Waals surface area contributed by atoms with Crippen molar-refractivity contribution in [1.29, 1.82) is 0 Å². The Bertz CT molecular complexity index is 1000. The van der Waals surface area contributed by atoms with Crippen molar-refractivity contribution in [1.82, 2.24) is 15.3 Å². The van der Waals surface area contributed by atoms with Gasteiger partial charge in [0.2, 0.25) is 0 Å². The van der Waals surface area contributed by atoms with Crippen LogP contribution in [-0.4, -0.2) is 44.6 Å². The summed E-state index contributed by atoms with van der Waals surface area (Å²) in [5.74, 6) is -1.48. The number of halogens is 5. The molecule has 0 saturated carbocycles. The summed E-state index contributed by atoms with van der Waals surface area (Å²) < 4.78 is 52.3. The number of benzene rings is 1. The van der Waals surface area contributed by atoms with Gasteiger partial charge in [-0.2, -0.15) is 0 Å². The summed E-state index contributed by atoms with van der Waals surface area (Å²) in [7, 11) is -3.32. The van der Waals surface area contributed by atoms with Crippen LogP contribution < -0.4 is 10.2 Å². The third-order valence-corrected chi connectivity index (χ3v) is 6.19. The molecule has 6 nitrogen and oxygen atoms in total. The monoisotopic (exact) mass is 472 g/mol. The van der Waals surface area contributed by atoms with Crippen molar-refractivity contribution >= 4 is 52.1 Å². The molecule has 0 amide bonds. The Kier molecular flexibility index (Phi) is 7.09. The van der Waals surface area contributed by atoms with E-state index in [9.17, 15) is 17.2 Å². The van der Waals surface area contributed by atoms with Gasteiger partial charge in [0.1, 0.15) is 17.5 Å². The highest BCUT2D eigenvalue weighted by atomic mass is 35.5. The van der Waals surface area contributed by atoms with Gasteiger partial charge in [-0.1, -0.05) is 11.6 Å². The fourth-order valence-electron chi connectivity index (χ4n) is 3.22. The minimum atomic E-state index is -3.32. The van der Waals surface area contributed by atoms with Gasteiger partial charge in [-0.05, 0) is 12.1 Å². The van der Waals surface area contributed by atoms with E-state index in [1.807, 2.05) is 4.90 Å². The lowest BCUT2D eigenvalue weighted by atomic mass is 10.1. The predicted octanol–water partition coefficient (Wildman–Crippen LogP) is 2.76. The van der Waals surface area contributed by atoms with E-state index in [0.29, 0.717) is 30.2 Å². The first-order chi connectivity index (χ1) is 12.3. The highest BCUT2D eigenvalue weighted by Crippen LogP contribution is 2.34. The summed E-state index contributed by atoms with van der Waals surface area (Å²) >= 11 is 5.61. The zero-order valence-corrected chi connectivity index (χ0v) is 17.6. The first-order valence-electron chi connectivity index (χ1n) is 8.05. The van der Waals surface area contributed by atoms with Gasteiger partial charge < -0.3 is 10.2 Å². The molecule has 1 aromatic heterocycles. The lowest BCUT2D eigenvalue weighted by Gasteiger charge is -2.30. The number of fused-ring (bicyclic) bond motifs is 1. The lowest BCUT2D eigenvalue weighted by molar-refractivity contribution is 0.582. The van der Waals surface area contributed by atoms with Gasteiger partial charge in [-0.25, -0.2) is 27.2 Å². The molecule has 2 aliphatic heterocycles. The molecule has 4 rings (SSSR count). The topological polar surface area (TPSA) is 75.2 Å². The van der Waals surface area contributed by atoms with E-state index in [2.05, 4.69) is 15.3 Å². The first-order valence-corrected chi connectivity index (χ1v) is 10.2. The number of hydrogen-bond acceptors (Lipinski definition) is 6. The summed E-state index contributed by atoms with van der Waals surface area (Å²) in [5, 5.41) is 2.87. The molecular formula is C16H17Cl3F2N4O2S. The van der Waals surface area contributed by atoms with E-state index in [0.717, 1.165) is 25.2 Å². The third kappa shape index (κ3) is 4.33. The average Bonchev–Trinajstić information content (AvgIpc) is 2.91. The molecule has 2 aliphatic rings. The maximum atomic E-state index is 14.3. The number of piperazine rings is 1. The van der Waals surface area contributed by atoms with Gasteiger partial charge in [-0.15, -0.1) is 24.8 Å². The standard InChI is InChI=1S/C16H15ClF2N4O2S.2ClH/c17-11-6-12(18)9(5-13(11)19)15-21-14-8-26(24,25)7-10(14)16(22-15)23-3-1-20-2-4-23;;/h5-6,20H,1-4,7-8H2;2*1H. The summed E-state index contributed by atoms with van der Waals surface area (Å²) in [5.41, 5.74) is 0.749. The molecule has 1 N–H and O–H groups in total. The van der Waals surface area contributed by atoms with Crippen LogP contribution >= 0.6 is 36.4 Å². The zero-order valence-electron chi connectivity index (χ0n) is 14.4. The van der Waals surface area contributed by atoms with Crippen LogP contribution in [0.1, 0.15) is 11.3 Å². The van der Waals surface area contributed by atoms with Crippen LogP contribution in [-0.2, 0) is 21.3 Å². The van der Waals surface area contributed by atoms with Crippen LogP contribution in [0.5, 0.6) is 0 Å². The maximum absolute atomic E-state index is 14.3. The van der Waals surface area contributed by atoms with Crippen LogP contribution in [0.25, 0.3) is 11.4 Å². The molecule has 0 spiro atoms. The van der Waals surface area contributed by atoms with E-state index in [1.165, 1.54) is 0 Å². The van der Waals surface area contributed by atoms with Gasteiger partial charge in [-0.3, -0.25) is 0 Å². The maximum Gasteiger partial charge on any atom is 0.164 e. The van der Waals surface area contributed by atoms with E-state index in [-0.39, 0.29) is 52.7 Å². The molecule has 1 aromatic carbocycles. The summed E-state index contributed by atoms with van der Waals surface area (Å²) in [6.45, 7) is 2.73. The molecule has 0 unspecified atom stereocenters. The Labute approximate surface area is 178 Å². The SMILES string of the molecule is Cl.Cl.O=S1(=O)Cc2nc(-c3cc(F)c(Cl)cc3F)nc(N3CCNCC3)c2C1. The van der Waals surface area contributed by atoms with E-state index in [1.54, 1.807) is 0 Å². The molecule has 0 aliphatic carbocycles. The van der Waals surface area contributed by atoms with E-state index >= 15 is 0 Å². The number of nitrogens with zero attached hydrogens (tertiary/aromatic N) is 3. The largest absolute Gasteiger partial charge is 0.354 e. The molecule has 0 radical (unpaired) electrons. The minimum absolute atomic E-state index is 0. The van der Waals surface area contributed by atoms with Gasteiger partial charge in [0.05, 0.1) is 27.8 Å². The predicted molar refractivity (Wildman–Crippen MR) is 108 cm³/mol. The quantitative estimate of drug-likeness (QED) is 0.676. The summed E-state index contributed by atoms with van der Waals surface area (Å²) in [6, 6.07) is 1.80. The molecule has 154 valence electrons. The Balaban J connectivity index is 0.00000140. The van der Waals surface area contributed by atoms with E-state index < -0.39 is 21.5 Å². The van der Waals surface area contributed by atoms with Crippen molar-refractivity contribution in [2.45, 2.75) is 11.5 Å². The fourth-order valence-corrected chi connectivity index (χ4v) is 4.86. The Morgan fingerprint density at radius 3 is 2.39 bits per heavy atom. The highest BCUT2D eigenvalue weighted by Gasteiger charge is 2.33. The normalized spacial score (nSPS) is 17.5. The van der Waals surface area contributed by atoms with Gasteiger partial charge in [0.15, 0.2) is 15.7 Å². The molecule has 0 bridgehead atoms. The number of aromatic nitrogens is 2. The van der Waals surface area contributed by atoms with Gasteiger partial charge in [0, 0.05) is 31.7 Å². The molecule has 0 atom stereocenters. The second kappa shape index (κ2) is 8.62. The zero-order chi connectivity index (χ0) is 18.5. The second-order valence-electron chi connectivity index (χ2n) is 6.31. The number of rotatable bonds is 2. The summed E-state index contributed by atoms with van der Waals surface area (Å²) in [6.07, 6.45) is 0. The van der Waals surface area contributed by atoms with Crippen molar-refractivity contribution in [2.75, 3.05) is 31.1 Å². The Morgan fingerprint density at radius 2 is 1.71 bits per heavy atom. The number of sulfone groups is 1. The Hall–Kier alpha value is -1.26. The Morgan fingerprint density at radius 1 is 1.04 bits per heavy atom. The van der Waals surface area contributed by atoms with Gasteiger partial charge in [0.25, 0.3) is 0 Å². The molecular weight excluding hydrogens is 457 g/mol. The molecule has 1 fully saturated rings. The highest BCUT2D eigenvalue weighted by molar-refractivity contribution is 7.90. The minimum Gasteiger partial charge on any atom is -0.354 e. The van der Waals surface area contributed by atoms with Crippen molar-refractivity contribution < 1.29 is 17.2 Å². The van der Waals surface area contributed by atoms with Gasteiger partial charge >= 0.3 is 0 Å². The summed E-state index contributed by atoms with van der Waals surface area (Å²) in [4.78, 5) is 10.6. The molecule has 1 saturated heterocycles. The fraction of sp³-hybridized carbons (Fsp3) is 0.375. The molecule has 28 heavy (non-hydrogen) atoms. The van der Waals surface area contributed by atoms with Crippen LogP contribution in [0.15, 0.2) is 12.1 Å². The van der Waals surface area contributed by atoms with Crippen LogP contribution in [0.3, 0.4) is 0 Å². The molecule has 12 heteroatoms. The molecule has 3 heterocycles. The van der Waals surface area contributed by atoms with Crippen molar-refractivity contribution in [2.24, 2.45) is 0 Å². The van der Waals surface area contributed by atoms with Crippen LogP contribution in [0.2, 0.25) is 5.02 Å². The van der Waals surface area contributed by atoms with E-state index in [4.69, 9.17) is 11.6 Å². The van der Waals surface area contributed by atoms with Crippen LogP contribution in [0, 0.1) is 11.6 Å². The third-order valence-electron chi connectivity index (χ3n) is 4.46. The number of anilines is 1. The smallest absolute Gasteiger partial charge is 0.164 e. The van der Waals surface area contributed by atoms with Crippen molar-refractivity contribution in [3.63, 3.8) is 0 Å². The number of hydrogen-bond donors (Lipinski definition) is 1. The van der Waals surface area contributed by atoms with Crippen molar-refractivity contribution in [3.05, 3.63) is 40.0 Å². The number of nitrogens with one attached hydrogen (secondary N) is 1. The molecule has 2 aromatic rings. The second-order valence-corrected chi connectivity index (χ2v) is 8.78. The first kappa shape index (κ1) is 23.0. The van der Waals surface area contributed by atoms with Crippen LogP contribution in [0.4, 0.5) is 14.6 Å².